The van der Waals surface area contributed by atoms with E-state index in [1.807, 2.05) is 0 Å². The Morgan fingerprint density at radius 2 is 1.72 bits per heavy atom. The summed E-state index contributed by atoms with van der Waals surface area (Å²) in [6, 6.07) is 5.77. The lowest BCUT2D eigenvalue weighted by Gasteiger charge is -2.13. The molecule has 2 rings (SSSR count). The van der Waals surface area contributed by atoms with Crippen molar-refractivity contribution >= 4 is 5.82 Å². The summed E-state index contributed by atoms with van der Waals surface area (Å²) in [5.74, 6) is -0.885. The van der Waals surface area contributed by atoms with Gasteiger partial charge in [-0.3, -0.25) is 0 Å². The number of rotatable bonds is 1. The Bertz CT molecular complexity index is 579. The van der Waals surface area contributed by atoms with Gasteiger partial charge in [0.25, 0.3) is 0 Å². The summed E-state index contributed by atoms with van der Waals surface area (Å²) >= 11 is 0. The van der Waals surface area contributed by atoms with E-state index in [0.29, 0.717) is 0 Å². The number of nitrogens with zero attached hydrogens (tertiary/aromatic N) is 1. The molecule has 0 aliphatic carbocycles. The molecule has 0 radical (unpaired) electrons. The molecule has 0 amide bonds. The number of alkyl halides is 3. The molecule has 1 aromatic heterocycles. The van der Waals surface area contributed by atoms with Crippen LogP contribution in [0, 0.1) is 5.82 Å². The fourth-order valence-electron chi connectivity index (χ4n) is 1.63. The van der Waals surface area contributed by atoms with E-state index >= 15 is 0 Å². The van der Waals surface area contributed by atoms with Crippen molar-refractivity contribution in [2.24, 2.45) is 0 Å². The maximum absolute atomic E-state index is 13.1. The van der Waals surface area contributed by atoms with Gasteiger partial charge in [0, 0.05) is 5.56 Å². The van der Waals surface area contributed by atoms with E-state index < -0.39 is 17.6 Å². The Hall–Kier alpha value is -2.11. The van der Waals surface area contributed by atoms with Crippen LogP contribution in [0.2, 0.25) is 0 Å². The van der Waals surface area contributed by atoms with Crippen LogP contribution in [0.5, 0.6) is 0 Å². The molecule has 1 heterocycles. The van der Waals surface area contributed by atoms with Crippen molar-refractivity contribution in [3.63, 3.8) is 0 Å². The maximum atomic E-state index is 13.1. The first-order valence-electron chi connectivity index (χ1n) is 4.97. The smallest absolute Gasteiger partial charge is 0.383 e. The van der Waals surface area contributed by atoms with Crippen LogP contribution in [0.25, 0.3) is 11.1 Å². The van der Waals surface area contributed by atoms with Gasteiger partial charge >= 0.3 is 6.18 Å². The Morgan fingerprint density at radius 3 is 2.39 bits per heavy atom. The second-order valence-electron chi connectivity index (χ2n) is 3.63. The van der Waals surface area contributed by atoms with Gasteiger partial charge in [-0.25, -0.2) is 9.37 Å². The van der Waals surface area contributed by atoms with E-state index in [4.69, 9.17) is 5.73 Å². The van der Waals surface area contributed by atoms with Gasteiger partial charge in [0.05, 0.1) is 11.8 Å². The monoisotopic (exact) mass is 256 g/mol. The van der Waals surface area contributed by atoms with Crippen molar-refractivity contribution in [1.82, 2.24) is 4.98 Å². The molecule has 94 valence electrons. The highest BCUT2D eigenvalue weighted by Gasteiger charge is 2.33. The lowest BCUT2D eigenvalue weighted by atomic mass is 10.00. The fourth-order valence-corrected chi connectivity index (χ4v) is 1.63. The highest BCUT2D eigenvalue weighted by Crippen LogP contribution is 2.38. The van der Waals surface area contributed by atoms with Crippen molar-refractivity contribution < 1.29 is 17.6 Å². The molecule has 0 aliphatic rings. The third-order valence-electron chi connectivity index (χ3n) is 2.41. The highest BCUT2D eigenvalue weighted by molar-refractivity contribution is 5.76. The first-order chi connectivity index (χ1) is 8.39. The van der Waals surface area contributed by atoms with E-state index in [-0.39, 0.29) is 16.9 Å². The number of aromatic nitrogens is 1. The number of hydrogen-bond donors (Lipinski definition) is 1. The maximum Gasteiger partial charge on any atom is 0.417 e. The van der Waals surface area contributed by atoms with Crippen LogP contribution in [0.4, 0.5) is 23.4 Å². The number of nitrogens with two attached hydrogens (primary N) is 1. The van der Waals surface area contributed by atoms with Gasteiger partial charge in [-0.05, 0) is 17.7 Å². The van der Waals surface area contributed by atoms with Crippen molar-refractivity contribution in [3.05, 3.63) is 47.9 Å². The largest absolute Gasteiger partial charge is 0.417 e. The third kappa shape index (κ3) is 2.27. The predicted molar refractivity (Wildman–Crippen MR) is 59.0 cm³/mol. The van der Waals surface area contributed by atoms with E-state index in [1.165, 1.54) is 18.2 Å². The van der Waals surface area contributed by atoms with Gasteiger partial charge < -0.3 is 5.73 Å². The average molecular weight is 256 g/mol. The van der Waals surface area contributed by atoms with E-state index in [0.717, 1.165) is 18.3 Å². The summed E-state index contributed by atoms with van der Waals surface area (Å²) < 4.78 is 51.5. The SMILES string of the molecule is Nc1ncc(F)cc1-c1ccccc1C(F)(F)F. The lowest BCUT2D eigenvalue weighted by molar-refractivity contribution is -0.137. The van der Waals surface area contributed by atoms with Crippen LogP contribution in [-0.4, -0.2) is 4.98 Å². The van der Waals surface area contributed by atoms with Crippen LogP contribution in [0.3, 0.4) is 0 Å². The van der Waals surface area contributed by atoms with E-state index in [1.54, 1.807) is 0 Å². The van der Waals surface area contributed by atoms with Gasteiger partial charge in [0.15, 0.2) is 0 Å². The van der Waals surface area contributed by atoms with E-state index in [2.05, 4.69) is 4.98 Å². The number of halogens is 4. The second-order valence-corrected chi connectivity index (χ2v) is 3.63. The molecule has 0 aliphatic heterocycles. The topological polar surface area (TPSA) is 38.9 Å². The summed E-state index contributed by atoms with van der Waals surface area (Å²) in [7, 11) is 0. The van der Waals surface area contributed by atoms with Crippen LogP contribution >= 0.6 is 0 Å². The zero-order valence-corrected chi connectivity index (χ0v) is 9.00. The number of anilines is 1. The number of pyridine rings is 1. The van der Waals surface area contributed by atoms with Crippen molar-refractivity contribution in [2.45, 2.75) is 6.18 Å². The minimum atomic E-state index is -4.53. The Balaban J connectivity index is 2.68. The molecule has 0 bridgehead atoms. The van der Waals surface area contributed by atoms with E-state index in [9.17, 15) is 17.6 Å². The molecule has 2 aromatic rings. The van der Waals surface area contributed by atoms with Crippen molar-refractivity contribution in [3.8, 4) is 11.1 Å². The molecule has 1 aromatic carbocycles. The van der Waals surface area contributed by atoms with Crippen molar-refractivity contribution in [2.75, 3.05) is 5.73 Å². The third-order valence-corrected chi connectivity index (χ3v) is 2.41. The highest BCUT2D eigenvalue weighted by atomic mass is 19.4. The van der Waals surface area contributed by atoms with Crippen LogP contribution in [0.1, 0.15) is 5.56 Å². The summed E-state index contributed by atoms with van der Waals surface area (Å²) in [5.41, 5.74) is 4.36. The standard InChI is InChI=1S/C12H8F4N2/c13-7-5-9(11(17)18-6-7)8-3-1-2-4-10(8)12(14,15)16/h1-6H,(H2,17,18). The molecule has 0 saturated carbocycles. The normalized spacial score (nSPS) is 11.6. The number of nitrogen functional groups attached to an aromatic ring is 1. The summed E-state index contributed by atoms with van der Waals surface area (Å²) in [4.78, 5) is 3.51. The zero-order chi connectivity index (χ0) is 13.3. The zero-order valence-electron chi connectivity index (χ0n) is 9.00. The van der Waals surface area contributed by atoms with Gasteiger partial charge in [0.1, 0.15) is 11.6 Å². The Kier molecular flexibility index (Phi) is 2.94. The molecule has 6 heteroatoms. The number of benzene rings is 1. The molecular formula is C12H8F4N2. The quantitative estimate of drug-likeness (QED) is 0.793. The molecule has 2 N–H and O–H groups in total. The molecule has 0 saturated heterocycles. The Morgan fingerprint density at radius 1 is 1.06 bits per heavy atom. The lowest BCUT2D eigenvalue weighted by Crippen LogP contribution is -2.08. The summed E-state index contributed by atoms with van der Waals surface area (Å²) in [5, 5.41) is 0. The molecule has 0 atom stereocenters. The molecule has 0 spiro atoms. The first kappa shape index (κ1) is 12.3. The molecule has 0 unspecified atom stereocenters. The summed E-state index contributed by atoms with van der Waals surface area (Å²) in [6.07, 6.45) is -3.68. The predicted octanol–water partition coefficient (Wildman–Crippen LogP) is 3.49. The van der Waals surface area contributed by atoms with Crippen LogP contribution in [0.15, 0.2) is 36.5 Å². The Labute approximate surface area is 100 Å². The fraction of sp³-hybridized carbons (Fsp3) is 0.0833. The molecule has 2 nitrogen and oxygen atoms in total. The van der Waals surface area contributed by atoms with Gasteiger partial charge in [-0.2, -0.15) is 13.2 Å². The summed E-state index contributed by atoms with van der Waals surface area (Å²) in [6.45, 7) is 0. The van der Waals surface area contributed by atoms with Gasteiger partial charge in [0.2, 0.25) is 0 Å². The molecule has 0 fully saturated rings. The minimum Gasteiger partial charge on any atom is -0.383 e. The van der Waals surface area contributed by atoms with Gasteiger partial charge in [-0.15, -0.1) is 0 Å². The average Bonchev–Trinajstić information content (AvgIpc) is 2.31. The van der Waals surface area contributed by atoms with Crippen LogP contribution < -0.4 is 5.73 Å². The first-order valence-corrected chi connectivity index (χ1v) is 4.97. The molecule has 18 heavy (non-hydrogen) atoms. The second kappa shape index (κ2) is 4.29. The van der Waals surface area contributed by atoms with Crippen molar-refractivity contribution in [1.29, 1.82) is 0 Å². The van der Waals surface area contributed by atoms with Gasteiger partial charge in [-0.1, -0.05) is 18.2 Å². The number of hydrogen-bond acceptors (Lipinski definition) is 2. The minimum absolute atomic E-state index is 0.0667. The molecular weight excluding hydrogens is 248 g/mol. The van der Waals surface area contributed by atoms with Crippen LogP contribution in [-0.2, 0) is 6.18 Å².